The quantitative estimate of drug-likeness (QED) is 0.865. The fourth-order valence-electron chi connectivity index (χ4n) is 1.79. The van der Waals surface area contributed by atoms with Crippen molar-refractivity contribution in [3.05, 3.63) is 22.7 Å². The van der Waals surface area contributed by atoms with Crippen LogP contribution in [0.1, 0.15) is 0 Å². The number of thioether (sulfide) groups is 1. The summed E-state index contributed by atoms with van der Waals surface area (Å²) < 4.78 is 5.81. The molecular weight excluding hydrogens is 348 g/mol. The maximum atomic E-state index is 12.1. The molecule has 2 amide bonds. The normalized spacial score (nSPS) is 17.9. The van der Waals surface area contributed by atoms with Gasteiger partial charge in [-0.3, -0.25) is 0 Å². The minimum atomic E-state index is -0.985. The Morgan fingerprint density at radius 1 is 1.55 bits per heavy atom. The minimum Gasteiger partial charge on any atom is -0.496 e. The maximum Gasteiger partial charge on any atom is 0.327 e. The van der Waals surface area contributed by atoms with Crippen LogP contribution in [0.5, 0.6) is 5.75 Å². The Morgan fingerprint density at radius 2 is 2.30 bits per heavy atom. The van der Waals surface area contributed by atoms with Crippen molar-refractivity contribution in [2.45, 2.75) is 6.04 Å². The number of ether oxygens (including phenoxy) is 1. The van der Waals surface area contributed by atoms with Crippen molar-refractivity contribution in [1.82, 2.24) is 4.90 Å². The third kappa shape index (κ3) is 3.18. The van der Waals surface area contributed by atoms with Crippen LogP contribution in [-0.4, -0.2) is 46.8 Å². The van der Waals surface area contributed by atoms with Gasteiger partial charge in [0.1, 0.15) is 11.8 Å². The monoisotopic (exact) mass is 360 g/mol. The molecule has 0 saturated carbocycles. The smallest absolute Gasteiger partial charge is 0.327 e. The number of anilines is 1. The van der Waals surface area contributed by atoms with Gasteiger partial charge in [0.2, 0.25) is 0 Å². The summed E-state index contributed by atoms with van der Waals surface area (Å²) in [6.07, 6.45) is 0. The highest BCUT2D eigenvalue weighted by molar-refractivity contribution is 9.10. The van der Waals surface area contributed by atoms with E-state index < -0.39 is 18.0 Å². The first kappa shape index (κ1) is 15.0. The molecular formula is C12H13BrN2O4S. The SMILES string of the molecule is COc1ccc(NC(=O)N2CSCC2C(=O)O)cc1Br. The molecule has 0 aliphatic carbocycles. The van der Waals surface area contributed by atoms with E-state index >= 15 is 0 Å². The van der Waals surface area contributed by atoms with Gasteiger partial charge >= 0.3 is 12.0 Å². The molecule has 0 spiro atoms. The lowest BCUT2D eigenvalue weighted by atomic mass is 10.3. The number of nitrogens with one attached hydrogen (secondary N) is 1. The van der Waals surface area contributed by atoms with Crippen molar-refractivity contribution in [2.75, 3.05) is 24.1 Å². The van der Waals surface area contributed by atoms with E-state index in [1.807, 2.05) is 0 Å². The van der Waals surface area contributed by atoms with E-state index in [0.29, 0.717) is 27.5 Å². The second-order valence-corrected chi connectivity index (χ2v) is 5.96. The lowest BCUT2D eigenvalue weighted by Gasteiger charge is -2.21. The van der Waals surface area contributed by atoms with Gasteiger partial charge in [-0.15, -0.1) is 11.8 Å². The number of carbonyl (C=O) groups is 2. The second-order valence-electron chi connectivity index (χ2n) is 4.10. The van der Waals surface area contributed by atoms with Crippen molar-refractivity contribution in [2.24, 2.45) is 0 Å². The van der Waals surface area contributed by atoms with Crippen LogP contribution >= 0.6 is 27.7 Å². The zero-order valence-electron chi connectivity index (χ0n) is 10.6. The molecule has 0 radical (unpaired) electrons. The Morgan fingerprint density at radius 3 is 2.90 bits per heavy atom. The molecule has 0 aromatic heterocycles. The van der Waals surface area contributed by atoms with Gasteiger partial charge in [-0.25, -0.2) is 9.59 Å². The number of urea groups is 1. The first-order valence-electron chi connectivity index (χ1n) is 5.74. The van der Waals surface area contributed by atoms with Crippen molar-refractivity contribution in [1.29, 1.82) is 0 Å². The van der Waals surface area contributed by atoms with Crippen molar-refractivity contribution in [3.8, 4) is 5.75 Å². The fourth-order valence-corrected chi connectivity index (χ4v) is 3.47. The van der Waals surface area contributed by atoms with Crippen LogP contribution in [0.15, 0.2) is 22.7 Å². The van der Waals surface area contributed by atoms with Gasteiger partial charge in [0.25, 0.3) is 0 Å². The second kappa shape index (κ2) is 6.36. The van der Waals surface area contributed by atoms with Crippen LogP contribution in [-0.2, 0) is 4.79 Å². The molecule has 1 fully saturated rings. The highest BCUT2D eigenvalue weighted by atomic mass is 79.9. The molecule has 1 saturated heterocycles. The minimum absolute atomic E-state index is 0.375. The average Bonchev–Trinajstić information content (AvgIpc) is 2.88. The Balaban J connectivity index is 2.08. The van der Waals surface area contributed by atoms with Gasteiger partial charge in [0.05, 0.1) is 17.5 Å². The Bertz CT molecular complexity index is 540. The number of methoxy groups -OCH3 is 1. The van der Waals surface area contributed by atoms with E-state index in [2.05, 4.69) is 21.2 Å². The number of rotatable bonds is 3. The zero-order valence-corrected chi connectivity index (χ0v) is 13.0. The predicted octanol–water partition coefficient (Wildman–Crippen LogP) is 2.45. The summed E-state index contributed by atoms with van der Waals surface area (Å²) in [4.78, 5) is 24.4. The van der Waals surface area contributed by atoms with Crippen molar-refractivity contribution >= 4 is 45.4 Å². The van der Waals surface area contributed by atoms with Crippen molar-refractivity contribution in [3.63, 3.8) is 0 Å². The fraction of sp³-hybridized carbons (Fsp3) is 0.333. The summed E-state index contributed by atoms with van der Waals surface area (Å²) >= 11 is 4.75. The molecule has 1 heterocycles. The van der Waals surface area contributed by atoms with Crippen LogP contribution in [0, 0.1) is 0 Å². The van der Waals surface area contributed by atoms with Gasteiger partial charge in [-0.2, -0.15) is 0 Å². The number of carbonyl (C=O) groups excluding carboxylic acids is 1. The van der Waals surface area contributed by atoms with Gasteiger partial charge in [-0.1, -0.05) is 0 Å². The topological polar surface area (TPSA) is 78.9 Å². The van der Waals surface area contributed by atoms with Crippen LogP contribution < -0.4 is 10.1 Å². The lowest BCUT2D eigenvalue weighted by Crippen LogP contribution is -2.43. The highest BCUT2D eigenvalue weighted by Gasteiger charge is 2.34. The number of carboxylic acids is 1. The number of hydrogen-bond acceptors (Lipinski definition) is 4. The molecule has 1 unspecified atom stereocenters. The van der Waals surface area contributed by atoms with Gasteiger partial charge < -0.3 is 20.1 Å². The summed E-state index contributed by atoms with van der Waals surface area (Å²) in [5.41, 5.74) is 0.573. The molecule has 1 aromatic rings. The zero-order chi connectivity index (χ0) is 14.7. The number of nitrogens with zero attached hydrogens (tertiary/aromatic N) is 1. The van der Waals surface area contributed by atoms with E-state index in [1.165, 1.54) is 16.7 Å². The van der Waals surface area contributed by atoms with Crippen molar-refractivity contribution < 1.29 is 19.4 Å². The maximum absolute atomic E-state index is 12.1. The van der Waals surface area contributed by atoms with Crippen LogP contribution in [0.2, 0.25) is 0 Å². The van der Waals surface area contributed by atoms with Crippen LogP contribution in [0.4, 0.5) is 10.5 Å². The van der Waals surface area contributed by atoms with Gasteiger partial charge in [-0.05, 0) is 34.1 Å². The van der Waals surface area contributed by atoms with Gasteiger partial charge in [0.15, 0.2) is 0 Å². The van der Waals surface area contributed by atoms with Crippen LogP contribution in [0.3, 0.4) is 0 Å². The van der Waals surface area contributed by atoms with E-state index in [1.54, 1.807) is 25.3 Å². The van der Waals surface area contributed by atoms with E-state index in [0.717, 1.165) is 0 Å². The van der Waals surface area contributed by atoms with Crippen LogP contribution in [0.25, 0.3) is 0 Å². The average molecular weight is 361 g/mol. The van der Waals surface area contributed by atoms with E-state index in [4.69, 9.17) is 9.84 Å². The Labute approximate surface area is 128 Å². The van der Waals surface area contributed by atoms with Gasteiger partial charge in [0, 0.05) is 11.4 Å². The molecule has 2 N–H and O–H groups in total. The summed E-state index contributed by atoms with van der Waals surface area (Å²) in [5, 5.41) is 11.7. The third-order valence-electron chi connectivity index (χ3n) is 2.83. The summed E-state index contributed by atoms with van der Waals surface area (Å²) in [6, 6.07) is 3.92. The first-order chi connectivity index (χ1) is 9.52. The summed E-state index contributed by atoms with van der Waals surface area (Å²) in [6.45, 7) is 0. The molecule has 0 bridgehead atoms. The molecule has 1 aromatic carbocycles. The molecule has 2 rings (SSSR count). The molecule has 6 nitrogen and oxygen atoms in total. The Kier molecular flexibility index (Phi) is 4.77. The number of carboxylic acid groups (broad SMARTS) is 1. The first-order valence-corrected chi connectivity index (χ1v) is 7.69. The largest absolute Gasteiger partial charge is 0.496 e. The number of benzene rings is 1. The number of halogens is 1. The summed E-state index contributed by atoms with van der Waals surface area (Å²) in [7, 11) is 1.55. The molecule has 1 aliphatic heterocycles. The number of hydrogen-bond donors (Lipinski definition) is 2. The Hall–Kier alpha value is -1.41. The molecule has 108 valence electrons. The van der Waals surface area contributed by atoms with E-state index in [-0.39, 0.29) is 0 Å². The highest BCUT2D eigenvalue weighted by Crippen LogP contribution is 2.28. The lowest BCUT2D eigenvalue weighted by molar-refractivity contribution is -0.140. The molecule has 20 heavy (non-hydrogen) atoms. The third-order valence-corrected chi connectivity index (χ3v) is 4.46. The molecule has 1 atom stereocenters. The predicted molar refractivity (Wildman–Crippen MR) is 80.3 cm³/mol. The standard InChI is InChI=1S/C12H13BrN2O4S/c1-19-10-3-2-7(4-8(10)13)14-12(18)15-6-20-5-9(15)11(16)17/h2-4,9H,5-6H2,1H3,(H,14,18)(H,16,17). The number of aliphatic carboxylic acids is 1. The molecule has 1 aliphatic rings. The van der Waals surface area contributed by atoms with E-state index in [9.17, 15) is 9.59 Å². The summed E-state index contributed by atoms with van der Waals surface area (Å²) in [5.74, 6) is 0.457. The molecule has 8 heteroatoms. The number of amides is 2.